The molecule has 4 N–H and O–H groups in total. The maximum absolute atomic E-state index is 11.2. The van der Waals surface area contributed by atoms with Crippen LogP contribution in [0.3, 0.4) is 0 Å². The van der Waals surface area contributed by atoms with E-state index in [1.165, 1.54) is 12.5 Å². The molecule has 1 unspecified atom stereocenters. The highest BCUT2D eigenvalue weighted by molar-refractivity contribution is 5.82. The molecule has 0 aliphatic heterocycles. The molecule has 0 aliphatic rings. The summed E-state index contributed by atoms with van der Waals surface area (Å²) in [6.45, 7) is 2.20. The van der Waals surface area contributed by atoms with Crippen LogP contribution in [0.15, 0.2) is 12.5 Å². The van der Waals surface area contributed by atoms with Crippen molar-refractivity contribution in [2.24, 2.45) is 0 Å². The number of urea groups is 1. The summed E-state index contributed by atoms with van der Waals surface area (Å²) in [5.74, 6) is -1.08. The lowest BCUT2D eigenvalue weighted by atomic mass is 10.2. The second-order valence-corrected chi connectivity index (χ2v) is 3.18. The average Bonchev–Trinajstić information content (AvgIpc) is 2.69. The Labute approximate surface area is 92.3 Å². The van der Waals surface area contributed by atoms with Crippen LogP contribution in [0.1, 0.15) is 12.6 Å². The number of carbonyl (C=O) groups excluding carboxylic acids is 1. The van der Waals surface area contributed by atoms with Crippen LogP contribution < -0.4 is 10.6 Å². The number of nitrogens with zero attached hydrogens (tertiary/aromatic N) is 1. The Bertz CT molecular complexity index is 350. The Morgan fingerprint density at radius 3 is 2.88 bits per heavy atom. The SMILES string of the molecule is CCNC(=O)NC(Cc1cnc[nH]1)C(=O)O. The average molecular weight is 226 g/mol. The van der Waals surface area contributed by atoms with E-state index >= 15 is 0 Å². The third-order valence-corrected chi connectivity index (χ3v) is 1.92. The molecular weight excluding hydrogens is 212 g/mol. The molecule has 0 radical (unpaired) electrons. The van der Waals surface area contributed by atoms with Gasteiger partial charge in [-0.1, -0.05) is 0 Å². The van der Waals surface area contributed by atoms with Gasteiger partial charge in [0.05, 0.1) is 6.33 Å². The van der Waals surface area contributed by atoms with Gasteiger partial charge in [-0.2, -0.15) is 0 Å². The van der Waals surface area contributed by atoms with Gasteiger partial charge in [0, 0.05) is 24.9 Å². The van der Waals surface area contributed by atoms with Gasteiger partial charge in [-0.05, 0) is 6.92 Å². The Balaban J connectivity index is 2.54. The summed E-state index contributed by atoms with van der Waals surface area (Å²) in [5, 5.41) is 13.7. The fraction of sp³-hybridized carbons (Fsp3) is 0.444. The molecule has 7 heteroatoms. The molecular formula is C9H14N4O3. The van der Waals surface area contributed by atoms with E-state index in [4.69, 9.17) is 5.11 Å². The quantitative estimate of drug-likeness (QED) is 0.554. The number of rotatable bonds is 5. The van der Waals surface area contributed by atoms with Crippen molar-refractivity contribution in [3.05, 3.63) is 18.2 Å². The van der Waals surface area contributed by atoms with Crippen molar-refractivity contribution in [3.8, 4) is 0 Å². The molecule has 0 bridgehead atoms. The molecule has 0 aliphatic carbocycles. The number of imidazole rings is 1. The van der Waals surface area contributed by atoms with E-state index in [0.29, 0.717) is 12.2 Å². The number of aromatic nitrogens is 2. The van der Waals surface area contributed by atoms with Crippen molar-refractivity contribution in [2.45, 2.75) is 19.4 Å². The Morgan fingerprint density at radius 2 is 2.38 bits per heavy atom. The molecule has 1 atom stereocenters. The fourth-order valence-electron chi connectivity index (χ4n) is 1.19. The number of hydrogen-bond donors (Lipinski definition) is 4. The van der Waals surface area contributed by atoms with Crippen LogP contribution in [0.5, 0.6) is 0 Å². The van der Waals surface area contributed by atoms with Crippen molar-refractivity contribution in [2.75, 3.05) is 6.54 Å². The van der Waals surface area contributed by atoms with E-state index in [0.717, 1.165) is 0 Å². The zero-order valence-electron chi connectivity index (χ0n) is 8.86. The van der Waals surface area contributed by atoms with Crippen LogP contribution in [0, 0.1) is 0 Å². The molecule has 16 heavy (non-hydrogen) atoms. The van der Waals surface area contributed by atoms with Crippen molar-refractivity contribution in [1.82, 2.24) is 20.6 Å². The van der Waals surface area contributed by atoms with Crippen LogP contribution in [-0.2, 0) is 11.2 Å². The molecule has 2 amide bonds. The van der Waals surface area contributed by atoms with E-state index in [1.54, 1.807) is 6.92 Å². The summed E-state index contributed by atoms with van der Waals surface area (Å²) in [6, 6.07) is -1.46. The van der Waals surface area contributed by atoms with E-state index in [-0.39, 0.29) is 6.42 Å². The van der Waals surface area contributed by atoms with Gasteiger partial charge in [0.2, 0.25) is 0 Å². The normalized spacial score (nSPS) is 11.8. The minimum absolute atomic E-state index is 0.173. The van der Waals surface area contributed by atoms with E-state index < -0.39 is 18.0 Å². The zero-order chi connectivity index (χ0) is 12.0. The molecule has 0 saturated carbocycles. The van der Waals surface area contributed by atoms with Crippen molar-refractivity contribution in [1.29, 1.82) is 0 Å². The predicted molar refractivity (Wildman–Crippen MR) is 55.9 cm³/mol. The summed E-state index contributed by atoms with van der Waals surface area (Å²) in [7, 11) is 0. The summed E-state index contributed by atoms with van der Waals surface area (Å²) >= 11 is 0. The number of aliphatic carboxylic acids is 1. The van der Waals surface area contributed by atoms with Gasteiger partial charge in [-0.15, -0.1) is 0 Å². The van der Waals surface area contributed by atoms with Crippen LogP contribution in [0.25, 0.3) is 0 Å². The highest BCUT2D eigenvalue weighted by Gasteiger charge is 2.20. The first-order valence-electron chi connectivity index (χ1n) is 4.88. The maximum Gasteiger partial charge on any atom is 0.326 e. The molecule has 0 fully saturated rings. The third kappa shape index (κ3) is 3.60. The lowest BCUT2D eigenvalue weighted by Gasteiger charge is -2.13. The second kappa shape index (κ2) is 5.74. The molecule has 88 valence electrons. The minimum Gasteiger partial charge on any atom is -0.480 e. The Morgan fingerprint density at radius 1 is 1.62 bits per heavy atom. The number of hydrogen-bond acceptors (Lipinski definition) is 3. The number of aromatic amines is 1. The van der Waals surface area contributed by atoms with Crippen LogP contribution in [0.4, 0.5) is 4.79 Å². The third-order valence-electron chi connectivity index (χ3n) is 1.92. The number of carboxylic acids is 1. The fourth-order valence-corrected chi connectivity index (χ4v) is 1.19. The topological polar surface area (TPSA) is 107 Å². The molecule has 0 aromatic carbocycles. The van der Waals surface area contributed by atoms with Crippen LogP contribution in [-0.4, -0.2) is 39.7 Å². The highest BCUT2D eigenvalue weighted by atomic mass is 16.4. The minimum atomic E-state index is -1.08. The molecule has 0 saturated heterocycles. The van der Waals surface area contributed by atoms with Crippen LogP contribution >= 0.6 is 0 Å². The molecule has 1 aromatic rings. The van der Waals surface area contributed by atoms with Gasteiger partial charge >= 0.3 is 12.0 Å². The summed E-state index contributed by atoms with van der Waals surface area (Å²) < 4.78 is 0. The summed E-state index contributed by atoms with van der Waals surface area (Å²) in [4.78, 5) is 28.6. The van der Waals surface area contributed by atoms with Gasteiger partial charge in [0.15, 0.2) is 0 Å². The number of amides is 2. The monoisotopic (exact) mass is 226 g/mol. The summed E-state index contributed by atoms with van der Waals surface area (Å²) in [5.41, 5.74) is 0.657. The highest BCUT2D eigenvalue weighted by Crippen LogP contribution is 1.98. The first-order chi connectivity index (χ1) is 7.63. The van der Waals surface area contributed by atoms with Crippen LogP contribution in [0.2, 0.25) is 0 Å². The van der Waals surface area contributed by atoms with E-state index in [2.05, 4.69) is 20.6 Å². The van der Waals surface area contributed by atoms with Gasteiger partial charge in [0.25, 0.3) is 0 Å². The lowest BCUT2D eigenvalue weighted by Crippen LogP contribution is -2.47. The second-order valence-electron chi connectivity index (χ2n) is 3.18. The largest absolute Gasteiger partial charge is 0.480 e. The van der Waals surface area contributed by atoms with E-state index in [9.17, 15) is 9.59 Å². The molecule has 0 spiro atoms. The zero-order valence-corrected chi connectivity index (χ0v) is 8.86. The van der Waals surface area contributed by atoms with E-state index in [1.807, 2.05) is 0 Å². The Kier molecular flexibility index (Phi) is 4.31. The first-order valence-corrected chi connectivity index (χ1v) is 4.88. The maximum atomic E-state index is 11.2. The van der Waals surface area contributed by atoms with Gasteiger partial charge in [-0.25, -0.2) is 14.6 Å². The Hall–Kier alpha value is -2.05. The van der Waals surface area contributed by atoms with Crippen molar-refractivity contribution < 1.29 is 14.7 Å². The van der Waals surface area contributed by atoms with Crippen molar-refractivity contribution in [3.63, 3.8) is 0 Å². The standard InChI is InChI=1S/C9H14N4O3/c1-2-11-9(16)13-7(8(14)15)3-6-4-10-5-12-6/h4-5,7H,2-3H2,1H3,(H,10,12)(H,14,15)(H2,11,13,16). The lowest BCUT2D eigenvalue weighted by molar-refractivity contribution is -0.139. The van der Waals surface area contributed by atoms with Crippen molar-refractivity contribution >= 4 is 12.0 Å². The van der Waals surface area contributed by atoms with Gasteiger partial charge in [-0.3, -0.25) is 0 Å². The number of nitrogens with one attached hydrogen (secondary N) is 3. The number of carboxylic acid groups (broad SMARTS) is 1. The first kappa shape index (κ1) is 12.0. The molecule has 1 aromatic heterocycles. The van der Waals surface area contributed by atoms with Gasteiger partial charge < -0.3 is 20.7 Å². The summed E-state index contributed by atoms with van der Waals surface area (Å²) in [6.07, 6.45) is 3.15. The smallest absolute Gasteiger partial charge is 0.326 e. The predicted octanol–water partition coefficient (Wildman–Crippen LogP) is -0.275. The molecule has 1 rings (SSSR count). The molecule has 7 nitrogen and oxygen atoms in total. The number of carbonyl (C=O) groups is 2. The number of H-pyrrole nitrogens is 1. The molecule has 1 heterocycles. The van der Waals surface area contributed by atoms with Gasteiger partial charge in [0.1, 0.15) is 6.04 Å².